The number of esters is 1. The van der Waals surface area contributed by atoms with Gasteiger partial charge in [0.1, 0.15) is 11.9 Å². The topological polar surface area (TPSA) is 64.1 Å². The molecule has 18 heavy (non-hydrogen) atoms. The lowest BCUT2D eigenvalue weighted by Gasteiger charge is -2.25. The van der Waals surface area contributed by atoms with Crippen molar-refractivity contribution in [1.29, 1.82) is 0 Å². The molecule has 0 saturated carbocycles. The molecule has 1 aromatic rings. The van der Waals surface area contributed by atoms with Gasteiger partial charge in [0.15, 0.2) is 4.34 Å². The number of nitrogens with one attached hydrogen (secondary N) is 1. The summed E-state index contributed by atoms with van der Waals surface area (Å²) < 4.78 is 9.74. The fourth-order valence-electron chi connectivity index (χ4n) is 1.52. The lowest BCUT2D eigenvalue weighted by molar-refractivity contribution is -0.148. The predicted octanol–water partition coefficient (Wildman–Crippen LogP) is 1.95. The van der Waals surface area contributed by atoms with E-state index in [0.29, 0.717) is 0 Å². The fraction of sp³-hybridized carbons (Fsp3) is 0.727. The van der Waals surface area contributed by atoms with Crippen LogP contribution in [-0.4, -0.2) is 40.8 Å². The predicted molar refractivity (Wildman–Crippen MR) is 74.0 cm³/mol. The molecule has 1 heterocycles. The minimum absolute atomic E-state index is 0.207. The minimum Gasteiger partial charge on any atom is -0.468 e. The van der Waals surface area contributed by atoms with Crippen molar-refractivity contribution >= 4 is 29.3 Å². The van der Waals surface area contributed by atoms with E-state index in [1.807, 2.05) is 6.92 Å². The van der Waals surface area contributed by atoms with E-state index in [0.717, 1.165) is 29.4 Å². The standard InChI is InChI=1S/C11H19N3O2S2/c1-11(12-2,9(15)16-3)6-4-5-7-17-10-13-8-14-18-10/h8,12H,4-7H2,1-3H3. The van der Waals surface area contributed by atoms with Crippen LogP contribution >= 0.6 is 23.3 Å². The van der Waals surface area contributed by atoms with Crippen molar-refractivity contribution in [3.05, 3.63) is 6.33 Å². The summed E-state index contributed by atoms with van der Waals surface area (Å²) in [6.07, 6.45) is 4.35. The SMILES string of the molecule is CNC(C)(CCCCSc1ncns1)C(=O)OC. The summed E-state index contributed by atoms with van der Waals surface area (Å²) in [5, 5.41) is 3.03. The average Bonchev–Trinajstić information content (AvgIpc) is 2.90. The average molecular weight is 289 g/mol. The third kappa shape index (κ3) is 4.55. The summed E-state index contributed by atoms with van der Waals surface area (Å²) in [7, 11) is 3.20. The smallest absolute Gasteiger partial charge is 0.325 e. The van der Waals surface area contributed by atoms with Crippen molar-refractivity contribution in [3.63, 3.8) is 0 Å². The molecule has 0 radical (unpaired) electrons. The Labute approximate surface area is 116 Å². The molecule has 5 nitrogen and oxygen atoms in total. The van der Waals surface area contributed by atoms with Crippen LogP contribution in [-0.2, 0) is 9.53 Å². The van der Waals surface area contributed by atoms with Crippen LogP contribution < -0.4 is 5.32 Å². The Balaban J connectivity index is 2.21. The maximum Gasteiger partial charge on any atom is 0.325 e. The summed E-state index contributed by atoms with van der Waals surface area (Å²) in [5.74, 6) is 0.790. The van der Waals surface area contributed by atoms with Gasteiger partial charge in [-0.25, -0.2) is 4.98 Å². The minimum atomic E-state index is -0.581. The summed E-state index contributed by atoms with van der Waals surface area (Å²) in [6.45, 7) is 1.87. The van der Waals surface area contributed by atoms with Gasteiger partial charge in [-0.15, -0.1) is 0 Å². The normalized spacial score (nSPS) is 14.2. The number of aromatic nitrogens is 2. The molecule has 0 saturated heterocycles. The van der Waals surface area contributed by atoms with E-state index < -0.39 is 5.54 Å². The van der Waals surface area contributed by atoms with Crippen LogP contribution in [0.1, 0.15) is 26.2 Å². The van der Waals surface area contributed by atoms with Gasteiger partial charge in [-0.3, -0.25) is 4.79 Å². The highest BCUT2D eigenvalue weighted by Gasteiger charge is 2.31. The van der Waals surface area contributed by atoms with E-state index in [-0.39, 0.29) is 5.97 Å². The summed E-state index contributed by atoms with van der Waals surface area (Å²) in [4.78, 5) is 15.7. The van der Waals surface area contributed by atoms with Crippen molar-refractivity contribution in [2.24, 2.45) is 0 Å². The molecule has 1 aromatic heterocycles. The molecule has 0 aromatic carbocycles. The largest absolute Gasteiger partial charge is 0.468 e. The van der Waals surface area contributed by atoms with Crippen molar-refractivity contribution in [2.75, 3.05) is 19.9 Å². The first-order valence-corrected chi connectivity index (χ1v) is 7.55. The van der Waals surface area contributed by atoms with Crippen LogP contribution in [0.25, 0.3) is 0 Å². The number of rotatable bonds is 8. The number of ether oxygens (including phenoxy) is 1. The van der Waals surface area contributed by atoms with Crippen LogP contribution in [0.2, 0.25) is 0 Å². The van der Waals surface area contributed by atoms with Gasteiger partial charge in [0, 0.05) is 5.75 Å². The Morgan fingerprint density at radius 1 is 1.61 bits per heavy atom. The van der Waals surface area contributed by atoms with Gasteiger partial charge in [0.2, 0.25) is 0 Å². The van der Waals surface area contributed by atoms with Gasteiger partial charge >= 0.3 is 5.97 Å². The van der Waals surface area contributed by atoms with Gasteiger partial charge in [0.05, 0.1) is 7.11 Å². The van der Waals surface area contributed by atoms with E-state index in [9.17, 15) is 4.79 Å². The second-order valence-corrected chi connectivity index (χ2v) is 6.21. The lowest BCUT2D eigenvalue weighted by Crippen LogP contribution is -2.48. The monoisotopic (exact) mass is 289 g/mol. The third-order valence-corrected chi connectivity index (χ3v) is 4.71. The zero-order chi connectivity index (χ0) is 13.4. The van der Waals surface area contributed by atoms with Gasteiger partial charge in [-0.05, 0) is 38.3 Å². The molecule has 1 rings (SSSR count). The zero-order valence-electron chi connectivity index (χ0n) is 10.9. The first-order valence-electron chi connectivity index (χ1n) is 5.79. The van der Waals surface area contributed by atoms with Crippen molar-refractivity contribution in [1.82, 2.24) is 14.7 Å². The summed E-state index contributed by atoms with van der Waals surface area (Å²) in [6, 6.07) is 0. The Kier molecular flexibility index (Phi) is 6.59. The zero-order valence-corrected chi connectivity index (χ0v) is 12.6. The molecule has 0 aliphatic heterocycles. The number of carbonyl (C=O) groups is 1. The van der Waals surface area contributed by atoms with Gasteiger partial charge in [-0.1, -0.05) is 18.2 Å². The van der Waals surface area contributed by atoms with Crippen molar-refractivity contribution < 1.29 is 9.53 Å². The molecule has 0 aliphatic rings. The fourth-order valence-corrected chi connectivity index (χ4v) is 3.03. The molecule has 102 valence electrons. The molecule has 0 bridgehead atoms. The maximum atomic E-state index is 11.6. The lowest BCUT2D eigenvalue weighted by atomic mass is 9.95. The summed E-state index contributed by atoms with van der Waals surface area (Å²) >= 11 is 3.12. The molecule has 0 amide bonds. The van der Waals surface area contributed by atoms with E-state index in [2.05, 4.69) is 14.7 Å². The Bertz CT molecular complexity index is 359. The van der Waals surface area contributed by atoms with E-state index in [4.69, 9.17) is 4.74 Å². The highest BCUT2D eigenvalue weighted by atomic mass is 32.2. The number of hydrogen-bond donors (Lipinski definition) is 1. The van der Waals surface area contributed by atoms with Gasteiger partial charge in [0.25, 0.3) is 0 Å². The van der Waals surface area contributed by atoms with E-state index >= 15 is 0 Å². The first kappa shape index (κ1) is 15.4. The molecule has 1 unspecified atom stereocenters. The Morgan fingerprint density at radius 3 is 2.94 bits per heavy atom. The van der Waals surface area contributed by atoms with Crippen LogP contribution in [0.3, 0.4) is 0 Å². The van der Waals surface area contributed by atoms with Crippen molar-refractivity contribution in [3.8, 4) is 0 Å². The second kappa shape index (κ2) is 7.70. The number of thioether (sulfide) groups is 1. The molecule has 1 N–H and O–H groups in total. The Morgan fingerprint density at radius 2 is 2.39 bits per heavy atom. The number of carbonyl (C=O) groups excluding carboxylic acids is 1. The van der Waals surface area contributed by atoms with E-state index in [1.54, 1.807) is 25.1 Å². The van der Waals surface area contributed by atoms with Crippen LogP contribution in [0.5, 0.6) is 0 Å². The maximum absolute atomic E-state index is 11.6. The van der Waals surface area contributed by atoms with Gasteiger partial charge < -0.3 is 10.1 Å². The third-order valence-electron chi connectivity index (χ3n) is 2.83. The number of unbranched alkanes of at least 4 members (excludes halogenated alkanes) is 1. The second-order valence-electron chi connectivity index (χ2n) is 4.09. The van der Waals surface area contributed by atoms with Crippen LogP contribution in [0.15, 0.2) is 10.7 Å². The number of hydrogen-bond acceptors (Lipinski definition) is 7. The number of methoxy groups -OCH3 is 1. The molecular formula is C11H19N3O2S2. The molecular weight excluding hydrogens is 270 g/mol. The quantitative estimate of drug-likeness (QED) is 0.448. The first-order chi connectivity index (χ1) is 8.62. The van der Waals surface area contributed by atoms with E-state index in [1.165, 1.54) is 18.6 Å². The number of likely N-dealkylation sites (N-methyl/N-ethyl adjacent to an activating group) is 1. The van der Waals surface area contributed by atoms with Crippen molar-refractivity contribution in [2.45, 2.75) is 36.1 Å². The highest BCUT2D eigenvalue weighted by molar-refractivity contribution is 8.00. The number of nitrogens with zero attached hydrogens (tertiary/aromatic N) is 2. The molecule has 1 atom stereocenters. The molecule has 0 aliphatic carbocycles. The van der Waals surface area contributed by atoms with Crippen LogP contribution in [0, 0.1) is 0 Å². The summed E-state index contributed by atoms with van der Waals surface area (Å²) in [5.41, 5.74) is -0.581. The molecule has 0 fully saturated rings. The molecule has 7 heteroatoms. The Hall–Kier alpha value is -0.660. The highest BCUT2D eigenvalue weighted by Crippen LogP contribution is 2.21. The molecule has 0 spiro atoms. The van der Waals surface area contributed by atoms with Crippen LogP contribution in [0.4, 0.5) is 0 Å². The van der Waals surface area contributed by atoms with Gasteiger partial charge in [-0.2, -0.15) is 4.37 Å².